The maximum atomic E-state index is 13.6. The van der Waals surface area contributed by atoms with E-state index in [0.717, 1.165) is 110 Å². The molecule has 1 atom stereocenters. The lowest BCUT2D eigenvalue weighted by atomic mass is 9.99. The molecule has 6 aromatic rings. The second-order valence-electron chi connectivity index (χ2n) is 17.8. The molecule has 3 saturated heterocycles. The summed E-state index contributed by atoms with van der Waals surface area (Å²) in [5.41, 5.74) is 7.71. The fourth-order valence-corrected chi connectivity index (χ4v) is 11.5. The number of nitrogens with zero attached hydrogens (tertiary/aromatic N) is 8. The van der Waals surface area contributed by atoms with E-state index in [1.165, 1.54) is 16.8 Å². The van der Waals surface area contributed by atoms with Crippen molar-refractivity contribution in [2.75, 3.05) is 81.8 Å². The zero-order valence-electron chi connectivity index (χ0n) is 37.7. The minimum Gasteiger partial charge on any atom is -0.494 e. The number of aryl methyl sites for hydroxylation is 2. The Bertz CT molecular complexity index is 2810. The van der Waals surface area contributed by atoms with Crippen molar-refractivity contribution in [3.8, 4) is 5.75 Å². The minimum absolute atomic E-state index is 0.216. The van der Waals surface area contributed by atoms with Gasteiger partial charge < -0.3 is 29.7 Å². The quantitative estimate of drug-likeness (QED) is 0.0769. The Balaban J connectivity index is 0.807. The summed E-state index contributed by atoms with van der Waals surface area (Å²) < 4.78 is 22.0. The third-order valence-corrected chi connectivity index (χ3v) is 15.4. The van der Waals surface area contributed by atoms with Gasteiger partial charge in [0.05, 0.1) is 45.9 Å². The summed E-state index contributed by atoms with van der Waals surface area (Å²) >= 11 is 3.61. The Labute approximate surface area is 388 Å². The number of carbonyl (C=O) groups is 2. The summed E-state index contributed by atoms with van der Waals surface area (Å²) in [5, 5.41) is 16.6. The van der Waals surface area contributed by atoms with Gasteiger partial charge in [0.15, 0.2) is 0 Å². The van der Waals surface area contributed by atoms with Crippen molar-refractivity contribution in [1.82, 2.24) is 39.8 Å². The average molecular weight is 963 g/mol. The normalized spacial score (nSPS) is 18.1. The SMILES string of the molecule is CCc1cc(Nc2ncc(Br)c(Nc3cnc4ccccc4c3P(C)(C)=O)n2)c(OC)cc1N1CCC(N2CCN(CCc3ccc4c(C)nn(C5CCC(=O)NC5=O)c4c3)CC2)CC1. The van der Waals surface area contributed by atoms with Gasteiger partial charge in [0.25, 0.3) is 5.91 Å². The number of anilines is 5. The molecule has 340 valence electrons. The number of halogens is 1. The zero-order valence-corrected chi connectivity index (χ0v) is 40.2. The molecule has 0 saturated carbocycles. The monoisotopic (exact) mass is 961 g/mol. The van der Waals surface area contributed by atoms with E-state index in [0.29, 0.717) is 46.6 Å². The van der Waals surface area contributed by atoms with Crippen molar-refractivity contribution in [2.24, 2.45) is 0 Å². The number of benzene rings is 3. The van der Waals surface area contributed by atoms with Crippen LogP contribution in [0.1, 0.15) is 55.5 Å². The van der Waals surface area contributed by atoms with Gasteiger partial charge in [0.2, 0.25) is 11.9 Å². The number of piperidine rings is 2. The van der Waals surface area contributed by atoms with E-state index in [1.54, 1.807) is 32.8 Å². The van der Waals surface area contributed by atoms with Crippen molar-refractivity contribution in [2.45, 2.75) is 64.5 Å². The summed E-state index contributed by atoms with van der Waals surface area (Å²) in [6, 6.07) is 18.6. The van der Waals surface area contributed by atoms with Crippen LogP contribution in [-0.2, 0) is 27.0 Å². The molecule has 2 amide bonds. The molecule has 6 heterocycles. The van der Waals surface area contributed by atoms with Gasteiger partial charge in [-0.25, -0.2) is 4.98 Å². The van der Waals surface area contributed by atoms with Crippen LogP contribution in [0.15, 0.2) is 71.5 Å². The largest absolute Gasteiger partial charge is 0.494 e. The summed E-state index contributed by atoms with van der Waals surface area (Å²) in [7, 11) is -1.02. The number of methoxy groups -OCH3 is 1. The van der Waals surface area contributed by atoms with Crippen LogP contribution < -0.4 is 30.9 Å². The highest BCUT2D eigenvalue weighted by Gasteiger charge is 2.32. The number of hydrogen-bond acceptors (Lipinski definition) is 13. The molecular weight excluding hydrogens is 905 g/mol. The minimum atomic E-state index is -2.71. The van der Waals surface area contributed by atoms with Gasteiger partial charge in [0, 0.05) is 92.3 Å². The number of aromatic nitrogens is 5. The molecule has 3 aromatic heterocycles. The summed E-state index contributed by atoms with van der Waals surface area (Å²) in [5.74, 6) is 1.14. The predicted octanol–water partition coefficient (Wildman–Crippen LogP) is 7.56. The highest BCUT2D eigenvalue weighted by Crippen LogP contribution is 2.42. The van der Waals surface area contributed by atoms with Crippen LogP contribution in [-0.4, -0.2) is 119 Å². The van der Waals surface area contributed by atoms with Crippen molar-refractivity contribution in [1.29, 1.82) is 0 Å². The van der Waals surface area contributed by atoms with Crippen molar-refractivity contribution in [3.05, 3.63) is 88.3 Å². The fourth-order valence-electron chi connectivity index (χ4n) is 9.78. The van der Waals surface area contributed by atoms with Crippen LogP contribution in [0.25, 0.3) is 21.8 Å². The molecule has 15 nitrogen and oxygen atoms in total. The molecule has 3 N–H and O–H groups in total. The van der Waals surface area contributed by atoms with Crippen LogP contribution in [0.3, 0.4) is 0 Å². The van der Waals surface area contributed by atoms with E-state index < -0.39 is 13.2 Å². The maximum absolute atomic E-state index is 13.6. The lowest BCUT2D eigenvalue weighted by Crippen LogP contribution is -2.53. The summed E-state index contributed by atoms with van der Waals surface area (Å²) in [6.07, 6.45) is 8.20. The molecule has 3 aliphatic rings. The molecule has 17 heteroatoms. The van der Waals surface area contributed by atoms with Gasteiger partial charge >= 0.3 is 0 Å². The third-order valence-electron chi connectivity index (χ3n) is 13.2. The van der Waals surface area contributed by atoms with Gasteiger partial charge in [-0.15, -0.1) is 0 Å². The van der Waals surface area contributed by atoms with E-state index in [1.807, 2.05) is 35.9 Å². The van der Waals surface area contributed by atoms with Gasteiger partial charge in [-0.3, -0.25) is 29.5 Å². The highest BCUT2D eigenvalue weighted by atomic mass is 79.9. The average Bonchev–Trinajstić information content (AvgIpc) is 3.63. The lowest BCUT2D eigenvalue weighted by molar-refractivity contribution is -0.135. The molecule has 3 fully saturated rings. The number of rotatable bonds is 13. The van der Waals surface area contributed by atoms with Crippen LogP contribution in [0.5, 0.6) is 5.75 Å². The van der Waals surface area contributed by atoms with Gasteiger partial charge in [-0.1, -0.05) is 37.3 Å². The number of ether oxygens (including phenoxy) is 1. The Morgan fingerprint density at radius 1 is 0.908 bits per heavy atom. The Morgan fingerprint density at radius 3 is 2.43 bits per heavy atom. The van der Waals surface area contributed by atoms with E-state index in [4.69, 9.17) is 14.8 Å². The maximum Gasteiger partial charge on any atom is 0.251 e. The van der Waals surface area contributed by atoms with Crippen LogP contribution in [0.2, 0.25) is 0 Å². The summed E-state index contributed by atoms with van der Waals surface area (Å²) in [4.78, 5) is 46.3. The van der Waals surface area contributed by atoms with Gasteiger partial charge in [-0.05, 0) is 97.6 Å². The summed E-state index contributed by atoms with van der Waals surface area (Å²) in [6.45, 7) is 14.8. The fraction of sp³-hybridized carbons (Fsp3) is 0.417. The molecule has 3 aromatic carbocycles. The molecule has 0 aliphatic carbocycles. The zero-order chi connectivity index (χ0) is 45.4. The number of amides is 2. The molecule has 65 heavy (non-hydrogen) atoms. The molecule has 1 unspecified atom stereocenters. The lowest BCUT2D eigenvalue weighted by Gasteiger charge is -2.43. The van der Waals surface area contributed by atoms with Crippen molar-refractivity contribution >= 4 is 90.8 Å². The number of piperazine rings is 1. The molecule has 0 spiro atoms. The first kappa shape index (κ1) is 44.8. The standard InChI is InChI=1S/C48H57BrN11O4P/c1-6-32-26-38(53-48-51-28-36(49)46(55-48)52-39-29-50-37-10-8-7-9-35(37)45(39)65(4,5)63)43(64-3)27-41(32)59-19-16-33(17-20-59)58-23-21-57(22-24-58)18-15-31-11-12-34-30(2)56-60(42(34)25-31)40-13-14-44(61)54-47(40)62/h7-12,25-29,33,40H,6,13-24H2,1-5H3,(H,54,61,62)(H2,51,52,53,55). The van der Waals surface area contributed by atoms with Crippen LogP contribution in [0, 0.1) is 6.92 Å². The highest BCUT2D eigenvalue weighted by molar-refractivity contribution is 9.10. The number of hydrogen-bond donors (Lipinski definition) is 3. The predicted molar refractivity (Wildman–Crippen MR) is 262 cm³/mol. The van der Waals surface area contributed by atoms with E-state index >= 15 is 0 Å². The Kier molecular flexibility index (Phi) is 13.0. The van der Waals surface area contributed by atoms with E-state index in [9.17, 15) is 14.2 Å². The molecule has 0 bridgehead atoms. The first-order chi connectivity index (χ1) is 31.4. The third kappa shape index (κ3) is 9.49. The molecule has 3 aliphatic heterocycles. The van der Waals surface area contributed by atoms with Crippen LogP contribution in [0.4, 0.5) is 28.8 Å². The molecular formula is C48H57BrN11O4P. The second-order valence-corrected chi connectivity index (χ2v) is 21.8. The van der Waals surface area contributed by atoms with Crippen LogP contribution >= 0.6 is 23.1 Å². The Morgan fingerprint density at radius 2 is 1.69 bits per heavy atom. The van der Waals surface area contributed by atoms with Gasteiger partial charge in [0.1, 0.15) is 24.8 Å². The number of carbonyl (C=O) groups excluding carboxylic acids is 2. The second kappa shape index (κ2) is 18.8. The number of nitrogens with one attached hydrogen (secondary N) is 3. The number of para-hydroxylation sites is 1. The van der Waals surface area contributed by atoms with Gasteiger partial charge in [-0.2, -0.15) is 10.1 Å². The smallest absolute Gasteiger partial charge is 0.251 e. The topological polar surface area (TPSA) is 163 Å². The van der Waals surface area contributed by atoms with E-state index in [2.05, 4.69) is 93.8 Å². The Hall–Kier alpha value is -5.41. The first-order valence-corrected chi connectivity index (χ1v) is 26.0. The number of fused-ring (bicyclic) bond motifs is 2. The molecule has 9 rings (SSSR count). The van der Waals surface area contributed by atoms with Crippen molar-refractivity contribution in [3.63, 3.8) is 0 Å². The molecule has 0 radical (unpaired) electrons. The van der Waals surface area contributed by atoms with Crippen molar-refractivity contribution < 1.29 is 18.9 Å². The van der Waals surface area contributed by atoms with E-state index in [-0.39, 0.29) is 11.8 Å². The number of imide groups is 1. The first-order valence-electron chi connectivity index (χ1n) is 22.6. The number of pyridine rings is 1.